The number of hydrogen-bond donors (Lipinski definition) is 1. The standard InChI is InChI=1S/C30H33FN4O4/c1-21(2)35(30(38)23-7-5-9-27(19-23)39-3)20-28(36)32-25-10-12-26(13-11-25)33-14-16-34(17-15-33)29(37)22-6-4-8-24(31)18-22/h4-13,18-19,21H,14-17,20H2,1-3H3,(H,32,36). The average Bonchev–Trinajstić information content (AvgIpc) is 2.95. The highest BCUT2D eigenvalue weighted by atomic mass is 19.1. The SMILES string of the molecule is COc1cccc(C(=O)N(CC(=O)Nc2ccc(N3CCN(C(=O)c4cccc(F)c4)CC3)cc2)C(C)C)c1. The summed E-state index contributed by atoms with van der Waals surface area (Å²) in [5.74, 6) is -0.560. The molecular formula is C30H33FN4O4. The van der Waals surface area contributed by atoms with Crippen molar-refractivity contribution in [2.45, 2.75) is 19.9 Å². The molecule has 0 unspecified atom stereocenters. The zero-order valence-electron chi connectivity index (χ0n) is 22.4. The number of amides is 3. The quantitative estimate of drug-likeness (QED) is 0.468. The van der Waals surface area contributed by atoms with Gasteiger partial charge in [-0.25, -0.2) is 4.39 Å². The zero-order valence-corrected chi connectivity index (χ0v) is 22.4. The topological polar surface area (TPSA) is 82.2 Å². The minimum absolute atomic E-state index is 0.0865. The molecule has 204 valence electrons. The van der Waals surface area contributed by atoms with Crippen LogP contribution < -0.4 is 15.0 Å². The van der Waals surface area contributed by atoms with Crippen molar-refractivity contribution < 1.29 is 23.5 Å². The van der Waals surface area contributed by atoms with Crippen molar-refractivity contribution in [2.75, 3.05) is 50.1 Å². The van der Waals surface area contributed by atoms with Crippen LogP contribution in [0.1, 0.15) is 34.6 Å². The molecule has 0 saturated carbocycles. The van der Waals surface area contributed by atoms with Crippen LogP contribution in [0.25, 0.3) is 0 Å². The first-order valence-electron chi connectivity index (χ1n) is 12.9. The van der Waals surface area contributed by atoms with Crippen molar-refractivity contribution in [3.8, 4) is 5.75 Å². The van der Waals surface area contributed by atoms with E-state index in [4.69, 9.17) is 4.74 Å². The predicted molar refractivity (Wildman–Crippen MR) is 149 cm³/mol. The number of methoxy groups -OCH3 is 1. The Labute approximate surface area is 228 Å². The van der Waals surface area contributed by atoms with Gasteiger partial charge in [-0.3, -0.25) is 14.4 Å². The lowest BCUT2D eigenvalue weighted by Gasteiger charge is -2.36. The van der Waals surface area contributed by atoms with Gasteiger partial charge in [0.05, 0.1) is 7.11 Å². The fraction of sp³-hybridized carbons (Fsp3) is 0.300. The average molecular weight is 533 g/mol. The van der Waals surface area contributed by atoms with E-state index in [0.29, 0.717) is 48.7 Å². The van der Waals surface area contributed by atoms with Gasteiger partial charge in [0.15, 0.2) is 0 Å². The van der Waals surface area contributed by atoms with Gasteiger partial charge < -0.3 is 24.8 Å². The highest BCUT2D eigenvalue weighted by Crippen LogP contribution is 2.21. The third-order valence-corrected chi connectivity index (χ3v) is 6.67. The number of ether oxygens (including phenoxy) is 1. The maximum absolute atomic E-state index is 13.5. The molecule has 0 bridgehead atoms. The Morgan fingerprint density at radius 1 is 0.923 bits per heavy atom. The summed E-state index contributed by atoms with van der Waals surface area (Å²) in [6.07, 6.45) is 0. The van der Waals surface area contributed by atoms with Gasteiger partial charge in [-0.2, -0.15) is 0 Å². The number of benzene rings is 3. The number of carbonyl (C=O) groups is 3. The van der Waals surface area contributed by atoms with Gasteiger partial charge in [-0.1, -0.05) is 12.1 Å². The van der Waals surface area contributed by atoms with E-state index in [9.17, 15) is 18.8 Å². The lowest BCUT2D eigenvalue weighted by Crippen LogP contribution is -2.48. The van der Waals surface area contributed by atoms with Gasteiger partial charge >= 0.3 is 0 Å². The zero-order chi connectivity index (χ0) is 27.9. The van der Waals surface area contributed by atoms with E-state index in [1.165, 1.54) is 23.1 Å². The summed E-state index contributed by atoms with van der Waals surface area (Å²) in [5, 5.41) is 2.87. The molecule has 0 aliphatic carbocycles. The van der Waals surface area contributed by atoms with E-state index >= 15 is 0 Å². The first-order valence-corrected chi connectivity index (χ1v) is 12.9. The summed E-state index contributed by atoms with van der Waals surface area (Å²) in [5.41, 5.74) is 2.41. The monoisotopic (exact) mass is 532 g/mol. The fourth-order valence-electron chi connectivity index (χ4n) is 4.49. The van der Waals surface area contributed by atoms with Crippen molar-refractivity contribution in [1.82, 2.24) is 9.80 Å². The highest BCUT2D eigenvalue weighted by Gasteiger charge is 2.24. The van der Waals surface area contributed by atoms with Gasteiger partial charge in [0.25, 0.3) is 11.8 Å². The van der Waals surface area contributed by atoms with E-state index in [-0.39, 0.29) is 30.3 Å². The molecule has 1 aliphatic rings. The van der Waals surface area contributed by atoms with Crippen LogP contribution in [0.4, 0.5) is 15.8 Å². The molecule has 1 heterocycles. The summed E-state index contributed by atoms with van der Waals surface area (Å²) < 4.78 is 18.7. The largest absolute Gasteiger partial charge is 0.497 e. The summed E-state index contributed by atoms with van der Waals surface area (Å²) >= 11 is 0. The van der Waals surface area contributed by atoms with Crippen molar-refractivity contribution in [1.29, 1.82) is 0 Å². The van der Waals surface area contributed by atoms with Crippen LogP contribution in [0.2, 0.25) is 0 Å². The van der Waals surface area contributed by atoms with Crippen molar-refractivity contribution in [3.05, 3.63) is 89.7 Å². The molecular weight excluding hydrogens is 499 g/mol. The third-order valence-electron chi connectivity index (χ3n) is 6.67. The van der Waals surface area contributed by atoms with Crippen LogP contribution in [-0.4, -0.2) is 73.4 Å². The third kappa shape index (κ3) is 6.93. The molecule has 3 aromatic carbocycles. The van der Waals surface area contributed by atoms with Gasteiger partial charge in [-0.15, -0.1) is 0 Å². The van der Waals surface area contributed by atoms with Crippen LogP contribution in [0.15, 0.2) is 72.8 Å². The first-order chi connectivity index (χ1) is 18.7. The number of nitrogens with zero attached hydrogens (tertiary/aromatic N) is 3. The first kappa shape index (κ1) is 27.6. The minimum atomic E-state index is -0.424. The number of anilines is 2. The number of piperazine rings is 1. The highest BCUT2D eigenvalue weighted by molar-refractivity contribution is 5.99. The molecule has 0 atom stereocenters. The summed E-state index contributed by atoms with van der Waals surface area (Å²) in [4.78, 5) is 44.0. The van der Waals surface area contributed by atoms with E-state index in [1.807, 2.05) is 38.1 Å². The van der Waals surface area contributed by atoms with Gasteiger partial charge in [0, 0.05) is 54.7 Å². The van der Waals surface area contributed by atoms with Crippen LogP contribution in [-0.2, 0) is 4.79 Å². The molecule has 0 aromatic heterocycles. The molecule has 1 aliphatic heterocycles. The molecule has 1 N–H and O–H groups in total. The maximum atomic E-state index is 13.5. The molecule has 1 saturated heterocycles. The number of nitrogens with one attached hydrogen (secondary N) is 1. The van der Waals surface area contributed by atoms with Crippen molar-refractivity contribution in [3.63, 3.8) is 0 Å². The normalized spacial score (nSPS) is 13.3. The number of rotatable bonds is 8. The van der Waals surface area contributed by atoms with Crippen LogP contribution in [0.3, 0.4) is 0 Å². The van der Waals surface area contributed by atoms with Gasteiger partial charge in [-0.05, 0) is 74.5 Å². The molecule has 3 amide bonds. The smallest absolute Gasteiger partial charge is 0.254 e. The Balaban J connectivity index is 1.31. The summed E-state index contributed by atoms with van der Waals surface area (Å²) in [7, 11) is 1.54. The van der Waals surface area contributed by atoms with Crippen molar-refractivity contribution in [2.24, 2.45) is 0 Å². The second kappa shape index (κ2) is 12.4. The van der Waals surface area contributed by atoms with Gasteiger partial charge in [0.1, 0.15) is 18.1 Å². The second-order valence-corrected chi connectivity index (χ2v) is 9.64. The molecule has 3 aromatic rings. The molecule has 9 heteroatoms. The summed E-state index contributed by atoms with van der Waals surface area (Å²) in [6, 6.07) is 19.9. The maximum Gasteiger partial charge on any atom is 0.254 e. The van der Waals surface area contributed by atoms with E-state index in [2.05, 4.69) is 10.2 Å². The number of carbonyl (C=O) groups excluding carboxylic acids is 3. The van der Waals surface area contributed by atoms with E-state index < -0.39 is 5.82 Å². The molecule has 1 fully saturated rings. The number of hydrogen-bond acceptors (Lipinski definition) is 5. The minimum Gasteiger partial charge on any atom is -0.497 e. The Morgan fingerprint density at radius 3 is 2.23 bits per heavy atom. The Bertz CT molecular complexity index is 1320. The lowest BCUT2D eigenvalue weighted by atomic mass is 10.1. The van der Waals surface area contributed by atoms with Crippen LogP contribution in [0.5, 0.6) is 5.75 Å². The Morgan fingerprint density at radius 2 is 1.59 bits per heavy atom. The van der Waals surface area contributed by atoms with Gasteiger partial charge in [0.2, 0.25) is 5.91 Å². The second-order valence-electron chi connectivity index (χ2n) is 9.64. The molecule has 8 nitrogen and oxygen atoms in total. The summed E-state index contributed by atoms with van der Waals surface area (Å²) in [6.45, 7) is 5.99. The predicted octanol–water partition coefficient (Wildman–Crippen LogP) is 4.29. The van der Waals surface area contributed by atoms with Crippen molar-refractivity contribution >= 4 is 29.1 Å². The van der Waals surface area contributed by atoms with E-state index in [0.717, 1.165) is 5.69 Å². The van der Waals surface area contributed by atoms with Crippen LogP contribution in [0, 0.1) is 5.82 Å². The Kier molecular flexibility index (Phi) is 8.81. The molecule has 0 spiro atoms. The lowest BCUT2D eigenvalue weighted by molar-refractivity contribution is -0.117. The van der Waals surface area contributed by atoms with Crippen LogP contribution >= 0.6 is 0 Å². The fourth-order valence-corrected chi connectivity index (χ4v) is 4.49. The molecule has 39 heavy (non-hydrogen) atoms. The number of halogens is 1. The molecule has 0 radical (unpaired) electrons. The van der Waals surface area contributed by atoms with E-state index in [1.54, 1.807) is 42.3 Å². The Hall–Kier alpha value is -4.40. The molecule has 4 rings (SSSR count).